The minimum Gasteiger partial charge on any atom is -0.494 e. The highest BCUT2D eigenvalue weighted by molar-refractivity contribution is 6.31. The molecule has 0 aliphatic heterocycles. The van der Waals surface area contributed by atoms with Crippen LogP contribution in [0.15, 0.2) is 61.2 Å². The Balaban J connectivity index is 0.000000252. The molecule has 0 atom stereocenters. The van der Waals surface area contributed by atoms with Crippen LogP contribution in [-0.4, -0.2) is 36.0 Å². The van der Waals surface area contributed by atoms with Gasteiger partial charge < -0.3 is 15.4 Å². The number of nitrogens with zero attached hydrogens (tertiary/aromatic N) is 1. The molecule has 0 spiro atoms. The van der Waals surface area contributed by atoms with Gasteiger partial charge in [0.05, 0.1) is 12.1 Å². The SMILES string of the molecule is C=CCCCOc1ccc(C(C)=O)cc1.CNC1(C)CCC(Nc2cc(C(F)(F)F)nc3ccc(Cl)cc23)CC1. The number of ether oxygens (including phenoxy) is 1. The fourth-order valence-corrected chi connectivity index (χ4v) is 4.71. The van der Waals surface area contributed by atoms with E-state index in [1.165, 1.54) is 6.07 Å². The molecule has 0 radical (unpaired) electrons. The second-order valence-corrected chi connectivity index (χ2v) is 10.7. The van der Waals surface area contributed by atoms with Crippen LogP contribution in [0.2, 0.25) is 5.02 Å². The van der Waals surface area contributed by atoms with Crippen molar-refractivity contribution in [2.45, 2.75) is 70.1 Å². The molecule has 1 heterocycles. The van der Waals surface area contributed by atoms with E-state index >= 15 is 0 Å². The van der Waals surface area contributed by atoms with Crippen LogP contribution in [0.4, 0.5) is 18.9 Å². The van der Waals surface area contributed by atoms with Gasteiger partial charge in [0.1, 0.15) is 11.4 Å². The molecule has 40 heavy (non-hydrogen) atoms. The van der Waals surface area contributed by atoms with Gasteiger partial charge in [-0.25, -0.2) is 4.98 Å². The van der Waals surface area contributed by atoms with Crippen molar-refractivity contribution in [3.63, 3.8) is 0 Å². The maximum absolute atomic E-state index is 13.2. The number of alkyl halides is 3. The van der Waals surface area contributed by atoms with Crippen LogP contribution >= 0.6 is 11.6 Å². The highest BCUT2D eigenvalue weighted by Crippen LogP contribution is 2.36. The number of carbonyl (C=O) groups excluding carboxylic acids is 1. The third-order valence-corrected chi connectivity index (χ3v) is 7.43. The first kappa shape index (κ1) is 31.4. The van der Waals surface area contributed by atoms with Gasteiger partial charge in [0.2, 0.25) is 0 Å². The van der Waals surface area contributed by atoms with E-state index in [0.29, 0.717) is 28.3 Å². The summed E-state index contributed by atoms with van der Waals surface area (Å²) in [6.45, 7) is 8.06. The highest BCUT2D eigenvalue weighted by Gasteiger charge is 2.34. The Labute approximate surface area is 239 Å². The molecule has 1 saturated carbocycles. The van der Waals surface area contributed by atoms with Crippen LogP contribution in [0.5, 0.6) is 5.75 Å². The molecule has 216 valence electrons. The van der Waals surface area contributed by atoms with Crippen molar-refractivity contribution in [2.24, 2.45) is 0 Å². The van der Waals surface area contributed by atoms with Crippen molar-refractivity contribution < 1.29 is 22.7 Å². The lowest BCUT2D eigenvalue weighted by atomic mass is 9.81. The largest absolute Gasteiger partial charge is 0.494 e. The van der Waals surface area contributed by atoms with E-state index in [4.69, 9.17) is 16.3 Å². The second kappa shape index (κ2) is 14.0. The Morgan fingerprint density at radius 3 is 2.42 bits per heavy atom. The maximum atomic E-state index is 13.2. The minimum atomic E-state index is -4.48. The van der Waals surface area contributed by atoms with Crippen molar-refractivity contribution in [1.82, 2.24) is 10.3 Å². The number of aromatic nitrogens is 1. The van der Waals surface area contributed by atoms with Crippen LogP contribution in [0, 0.1) is 0 Å². The number of hydrogen-bond acceptors (Lipinski definition) is 5. The standard InChI is InChI=1S/C18H21ClF3N3.C13H16O2/c1-17(23-2)7-5-12(6-8-17)24-15-10-16(18(20,21)22)25-14-4-3-11(19)9-13(14)15;1-3-4-5-10-15-13-8-6-12(7-9-13)11(2)14/h3-4,9-10,12,23H,5-8H2,1-2H3,(H,24,25);3,6-9H,1,4-5,10H2,2H3. The Morgan fingerprint density at radius 1 is 1.18 bits per heavy atom. The van der Waals surface area contributed by atoms with Gasteiger partial charge in [-0.2, -0.15) is 13.2 Å². The summed E-state index contributed by atoms with van der Waals surface area (Å²) in [5.41, 5.74) is 0.656. The smallest absolute Gasteiger partial charge is 0.433 e. The number of halogens is 4. The quantitative estimate of drug-likeness (QED) is 0.152. The molecule has 3 aromatic rings. The normalized spacial score (nSPS) is 18.9. The number of anilines is 1. The number of rotatable bonds is 9. The number of allylic oxidation sites excluding steroid dienone is 1. The molecule has 4 rings (SSSR count). The zero-order chi connectivity index (χ0) is 29.3. The van der Waals surface area contributed by atoms with E-state index in [9.17, 15) is 18.0 Å². The zero-order valence-electron chi connectivity index (χ0n) is 23.2. The second-order valence-electron chi connectivity index (χ2n) is 10.3. The summed E-state index contributed by atoms with van der Waals surface area (Å²) in [5.74, 6) is 0.886. The minimum absolute atomic E-state index is 0.0770. The van der Waals surface area contributed by atoms with E-state index < -0.39 is 11.9 Å². The van der Waals surface area contributed by atoms with Crippen LogP contribution in [0.3, 0.4) is 0 Å². The molecular formula is C31H37ClF3N3O2. The molecule has 2 aromatic carbocycles. The average Bonchev–Trinajstić information content (AvgIpc) is 2.92. The van der Waals surface area contributed by atoms with Crippen molar-refractivity contribution in [3.8, 4) is 5.75 Å². The number of ketones is 1. The summed E-state index contributed by atoms with van der Waals surface area (Å²) < 4.78 is 45.0. The highest BCUT2D eigenvalue weighted by atomic mass is 35.5. The first-order valence-corrected chi connectivity index (χ1v) is 13.8. The van der Waals surface area contributed by atoms with Crippen molar-refractivity contribution in [2.75, 3.05) is 19.0 Å². The fourth-order valence-electron chi connectivity index (χ4n) is 4.54. The predicted octanol–water partition coefficient (Wildman–Crippen LogP) is 8.47. The maximum Gasteiger partial charge on any atom is 0.433 e. The molecule has 0 bridgehead atoms. The topological polar surface area (TPSA) is 63.2 Å². The monoisotopic (exact) mass is 575 g/mol. The Bertz CT molecular complexity index is 1290. The molecule has 0 saturated heterocycles. The van der Waals surface area contributed by atoms with Crippen molar-refractivity contribution >= 4 is 34.0 Å². The molecular weight excluding hydrogens is 539 g/mol. The number of pyridine rings is 1. The summed E-state index contributed by atoms with van der Waals surface area (Å²) in [7, 11) is 1.95. The van der Waals surface area contributed by atoms with Gasteiger partial charge in [-0.1, -0.05) is 17.7 Å². The Kier molecular flexibility index (Phi) is 11.0. The molecule has 1 aromatic heterocycles. The van der Waals surface area contributed by atoms with E-state index in [1.54, 1.807) is 31.2 Å². The van der Waals surface area contributed by atoms with Crippen molar-refractivity contribution in [3.05, 3.63) is 77.5 Å². The molecule has 2 N–H and O–H groups in total. The number of carbonyl (C=O) groups is 1. The summed E-state index contributed by atoms with van der Waals surface area (Å²) in [5, 5.41) is 7.71. The lowest BCUT2D eigenvalue weighted by molar-refractivity contribution is -0.140. The molecule has 1 aliphatic carbocycles. The van der Waals surface area contributed by atoms with Crippen LogP contribution < -0.4 is 15.4 Å². The Hall–Kier alpha value is -3.10. The van der Waals surface area contributed by atoms with Crippen molar-refractivity contribution in [1.29, 1.82) is 0 Å². The molecule has 0 unspecified atom stereocenters. The van der Waals surface area contributed by atoms with Gasteiger partial charge in [-0.3, -0.25) is 4.79 Å². The molecule has 1 aliphatic rings. The molecule has 5 nitrogen and oxygen atoms in total. The van der Waals surface area contributed by atoms with Gasteiger partial charge in [-0.15, -0.1) is 6.58 Å². The first-order chi connectivity index (χ1) is 18.9. The lowest BCUT2D eigenvalue weighted by Gasteiger charge is -2.38. The van der Waals surface area contributed by atoms with Gasteiger partial charge >= 0.3 is 6.18 Å². The third kappa shape index (κ3) is 8.96. The number of fused-ring (bicyclic) bond motifs is 1. The molecule has 0 amide bonds. The lowest BCUT2D eigenvalue weighted by Crippen LogP contribution is -2.45. The number of benzene rings is 2. The van der Waals surface area contributed by atoms with Crippen LogP contribution in [-0.2, 0) is 6.18 Å². The Morgan fingerprint density at radius 2 is 1.85 bits per heavy atom. The van der Waals surface area contributed by atoms with Crippen LogP contribution in [0.25, 0.3) is 10.9 Å². The van der Waals surface area contributed by atoms with E-state index in [1.807, 2.05) is 25.3 Å². The van der Waals surface area contributed by atoms with E-state index in [2.05, 4.69) is 29.1 Å². The predicted molar refractivity (Wildman–Crippen MR) is 156 cm³/mol. The molecule has 9 heteroatoms. The number of hydrogen-bond donors (Lipinski definition) is 2. The summed E-state index contributed by atoms with van der Waals surface area (Å²) in [6, 6.07) is 13.2. The number of Topliss-reactive ketones (excluding diaryl/α,β-unsaturated/α-hetero) is 1. The van der Waals surface area contributed by atoms with Gasteiger partial charge in [-0.05, 0) is 108 Å². The molecule has 1 fully saturated rings. The average molecular weight is 576 g/mol. The fraction of sp³-hybridized carbons (Fsp3) is 0.419. The summed E-state index contributed by atoms with van der Waals surface area (Å²) in [6.07, 6.45) is 3.05. The first-order valence-electron chi connectivity index (χ1n) is 13.4. The zero-order valence-corrected chi connectivity index (χ0v) is 24.0. The van der Waals surface area contributed by atoms with Gasteiger partial charge in [0, 0.05) is 33.2 Å². The number of nitrogens with one attached hydrogen (secondary N) is 2. The summed E-state index contributed by atoms with van der Waals surface area (Å²) in [4.78, 5) is 14.7. The van der Waals surface area contributed by atoms with Gasteiger partial charge in [0.25, 0.3) is 0 Å². The van der Waals surface area contributed by atoms with Crippen LogP contribution in [0.1, 0.15) is 68.4 Å². The van der Waals surface area contributed by atoms with E-state index in [-0.39, 0.29) is 22.9 Å². The van der Waals surface area contributed by atoms with Gasteiger partial charge in [0.15, 0.2) is 5.78 Å². The third-order valence-electron chi connectivity index (χ3n) is 7.20. The number of unbranched alkanes of at least 4 members (excludes halogenated alkanes) is 1. The van der Waals surface area contributed by atoms with E-state index in [0.717, 1.165) is 50.3 Å². The summed E-state index contributed by atoms with van der Waals surface area (Å²) >= 11 is 6.03.